The zero-order valence-corrected chi connectivity index (χ0v) is 8.79. The molecule has 0 atom stereocenters. The lowest BCUT2D eigenvalue weighted by molar-refractivity contribution is 0.477. The Labute approximate surface area is 96.0 Å². The number of benzene rings is 1. The molecule has 3 rings (SSSR count). The van der Waals surface area contributed by atoms with Crippen LogP contribution in [0.25, 0.3) is 17.0 Å². The second-order valence-electron chi connectivity index (χ2n) is 3.65. The number of hydrogen-bond donors (Lipinski definition) is 2. The van der Waals surface area contributed by atoms with Crippen molar-refractivity contribution in [3.8, 4) is 17.1 Å². The average molecular weight is 227 g/mol. The standard InChI is InChI=1S/C12H9N3O2/c16-9-5-2-1-4-8(9)12-13-10-6-3-7-11(17)15(10)14-12/h1-7,16H,(H,13,14). The van der Waals surface area contributed by atoms with Crippen LogP contribution < -0.4 is 5.56 Å². The normalized spacial score (nSPS) is 10.8. The van der Waals surface area contributed by atoms with E-state index in [0.29, 0.717) is 17.0 Å². The van der Waals surface area contributed by atoms with Gasteiger partial charge in [-0.05, 0) is 18.2 Å². The number of aromatic amines is 1. The summed E-state index contributed by atoms with van der Waals surface area (Å²) in [7, 11) is 0. The first kappa shape index (κ1) is 9.65. The fraction of sp³-hybridized carbons (Fsp3) is 0. The SMILES string of the molecule is O=c1cccc2nc(-c3ccccc3O)[nH]n12. The van der Waals surface area contributed by atoms with Gasteiger partial charge in [-0.2, -0.15) is 4.52 Å². The molecule has 2 heterocycles. The largest absolute Gasteiger partial charge is 0.507 e. The van der Waals surface area contributed by atoms with E-state index in [-0.39, 0.29) is 11.3 Å². The molecule has 3 aromatic rings. The van der Waals surface area contributed by atoms with Crippen molar-refractivity contribution in [1.82, 2.24) is 14.6 Å². The van der Waals surface area contributed by atoms with Crippen molar-refractivity contribution in [3.05, 3.63) is 52.8 Å². The minimum absolute atomic E-state index is 0.125. The summed E-state index contributed by atoms with van der Waals surface area (Å²) in [6.45, 7) is 0. The summed E-state index contributed by atoms with van der Waals surface area (Å²) in [4.78, 5) is 15.8. The first-order valence-corrected chi connectivity index (χ1v) is 5.12. The van der Waals surface area contributed by atoms with Gasteiger partial charge in [-0.25, -0.2) is 4.98 Å². The van der Waals surface area contributed by atoms with Crippen molar-refractivity contribution < 1.29 is 5.11 Å². The molecule has 0 unspecified atom stereocenters. The third-order valence-electron chi connectivity index (χ3n) is 2.54. The van der Waals surface area contributed by atoms with E-state index in [0.717, 1.165) is 0 Å². The smallest absolute Gasteiger partial charge is 0.271 e. The predicted molar refractivity (Wildman–Crippen MR) is 62.9 cm³/mol. The van der Waals surface area contributed by atoms with Crippen molar-refractivity contribution in [3.63, 3.8) is 0 Å². The van der Waals surface area contributed by atoms with E-state index in [2.05, 4.69) is 10.1 Å². The number of aromatic nitrogens is 3. The van der Waals surface area contributed by atoms with Gasteiger partial charge in [0, 0.05) is 6.07 Å². The highest BCUT2D eigenvalue weighted by Gasteiger charge is 2.08. The van der Waals surface area contributed by atoms with Gasteiger partial charge in [0.2, 0.25) is 0 Å². The lowest BCUT2D eigenvalue weighted by Gasteiger charge is -1.98. The summed E-state index contributed by atoms with van der Waals surface area (Å²) in [5.74, 6) is 0.589. The van der Waals surface area contributed by atoms with E-state index in [1.165, 1.54) is 10.6 Å². The Kier molecular flexibility index (Phi) is 1.98. The maximum absolute atomic E-state index is 11.5. The second-order valence-corrected chi connectivity index (χ2v) is 3.65. The number of phenols is 1. The number of para-hydroxylation sites is 1. The van der Waals surface area contributed by atoms with E-state index in [1.54, 1.807) is 36.4 Å². The van der Waals surface area contributed by atoms with Crippen LogP contribution in [-0.4, -0.2) is 19.7 Å². The highest BCUT2D eigenvalue weighted by molar-refractivity contribution is 5.65. The topological polar surface area (TPSA) is 70.4 Å². The molecule has 0 aliphatic heterocycles. The molecule has 5 nitrogen and oxygen atoms in total. The molecule has 0 fully saturated rings. The van der Waals surface area contributed by atoms with E-state index in [9.17, 15) is 9.90 Å². The molecular formula is C12H9N3O2. The number of rotatable bonds is 1. The van der Waals surface area contributed by atoms with Gasteiger partial charge in [0.15, 0.2) is 11.5 Å². The van der Waals surface area contributed by atoms with Crippen LogP contribution in [0.3, 0.4) is 0 Å². The minimum Gasteiger partial charge on any atom is -0.507 e. The third-order valence-corrected chi connectivity index (χ3v) is 2.54. The summed E-state index contributed by atoms with van der Waals surface area (Å²) in [5.41, 5.74) is 0.906. The lowest BCUT2D eigenvalue weighted by Crippen LogP contribution is -2.11. The van der Waals surface area contributed by atoms with Crippen molar-refractivity contribution in [1.29, 1.82) is 0 Å². The summed E-state index contributed by atoms with van der Waals surface area (Å²) >= 11 is 0. The molecule has 0 bridgehead atoms. The monoisotopic (exact) mass is 227 g/mol. The summed E-state index contributed by atoms with van der Waals surface area (Å²) in [6, 6.07) is 11.6. The molecule has 0 radical (unpaired) electrons. The molecule has 2 aromatic heterocycles. The second kappa shape index (κ2) is 3.48. The van der Waals surface area contributed by atoms with Crippen molar-refractivity contribution in [2.24, 2.45) is 0 Å². The summed E-state index contributed by atoms with van der Waals surface area (Å²) in [5, 5.41) is 12.6. The Morgan fingerprint density at radius 3 is 2.71 bits per heavy atom. The van der Waals surface area contributed by atoms with Gasteiger partial charge in [-0.15, -0.1) is 0 Å². The molecular weight excluding hydrogens is 218 g/mol. The minimum atomic E-state index is -0.184. The van der Waals surface area contributed by atoms with Crippen LogP contribution >= 0.6 is 0 Å². The molecule has 0 aliphatic carbocycles. The van der Waals surface area contributed by atoms with Gasteiger partial charge in [0.25, 0.3) is 5.56 Å². The third kappa shape index (κ3) is 1.48. The van der Waals surface area contributed by atoms with Crippen LogP contribution in [0.2, 0.25) is 0 Å². The van der Waals surface area contributed by atoms with E-state index < -0.39 is 0 Å². The molecule has 17 heavy (non-hydrogen) atoms. The number of pyridine rings is 1. The molecule has 1 aromatic carbocycles. The average Bonchev–Trinajstić information content (AvgIpc) is 2.75. The van der Waals surface area contributed by atoms with Gasteiger partial charge in [0.05, 0.1) is 5.56 Å². The quantitative estimate of drug-likeness (QED) is 0.660. The predicted octanol–water partition coefficient (Wildman–Crippen LogP) is 1.40. The van der Waals surface area contributed by atoms with Gasteiger partial charge in [-0.1, -0.05) is 18.2 Å². The maximum Gasteiger partial charge on any atom is 0.271 e. The number of fused-ring (bicyclic) bond motifs is 1. The fourth-order valence-corrected chi connectivity index (χ4v) is 1.72. The van der Waals surface area contributed by atoms with Crippen LogP contribution in [0, 0.1) is 0 Å². The number of nitrogens with zero attached hydrogens (tertiary/aromatic N) is 2. The number of H-pyrrole nitrogens is 1. The maximum atomic E-state index is 11.5. The zero-order chi connectivity index (χ0) is 11.8. The van der Waals surface area contributed by atoms with Gasteiger partial charge in [-0.3, -0.25) is 9.89 Å². The van der Waals surface area contributed by atoms with Crippen molar-refractivity contribution in [2.45, 2.75) is 0 Å². The van der Waals surface area contributed by atoms with E-state index in [1.807, 2.05) is 0 Å². The fourth-order valence-electron chi connectivity index (χ4n) is 1.72. The van der Waals surface area contributed by atoms with Crippen LogP contribution in [-0.2, 0) is 0 Å². The van der Waals surface area contributed by atoms with Gasteiger partial charge in [0.1, 0.15) is 5.75 Å². The van der Waals surface area contributed by atoms with Crippen molar-refractivity contribution in [2.75, 3.05) is 0 Å². The van der Waals surface area contributed by atoms with Crippen molar-refractivity contribution >= 4 is 5.65 Å². The molecule has 2 N–H and O–H groups in total. The molecule has 0 spiro atoms. The number of phenolic OH excluding ortho intramolecular Hbond substituents is 1. The molecule has 0 saturated carbocycles. The highest BCUT2D eigenvalue weighted by atomic mass is 16.3. The van der Waals surface area contributed by atoms with Gasteiger partial charge >= 0.3 is 0 Å². The van der Waals surface area contributed by atoms with Gasteiger partial charge < -0.3 is 5.11 Å². The number of hydrogen-bond acceptors (Lipinski definition) is 3. The Morgan fingerprint density at radius 1 is 1.12 bits per heavy atom. The molecule has 0 aliphatic rings. The first-order valence-electron chi connectivity index (χ1n) is 5.12. The zero-order valence-electron chi connectivity index (χ0n) is 8.79. The Hall–Kier alpha value is -2.56. The van der Waals surface area contributed by atoms with Crippen LogP contribution in [0.5, 0.6) is 5.75 Å². The Bertz CT molecular complexity index is 743. The van der Waals surface area contributed by atoms with Crippen LogP contribution in [0.15, 0.2) is 47.3 Å². The molecule has 0 amide bonds. The van der Waals surface area contributed by atoms with E-state index >= 15 is 0 Å². The Morgan fingerprint density at radius 2 is 1.94 bits per heavy atom. The number of aromatic hydroxyl groups is 1. The Balaban J connectivity index is 2.30. The van der Waals surface area contributed by atoms with Crippen LogP contribution in [0.4, 0.5) is 0 Å². The summed E-state index contributed by atoms with van der Waals surface area (Å²) in [6.07, 6.45) is 0. The number of nitrogens with one attached hydrogen (secondary N) is 1. The van der Waals surface area contributed by atoms with E-state index in [4.69, 9.17) is 0 Å². The molecule has 0 saturated heterocycles. The molecule has 84 valence electrons. The molecule has 5 heteroatoms. The summed E-state index contributed by atoms with van der Waals surface area (Å²) < 4.78 is 1.34. The van der Waals surface area contributed by atoms with Crippen LogP contribution in [0.1, 0.15) is 0 Å². The highest BCUT2D eigenvalue weighted by Crippen LogP contribution is 2.25. The first-order chi connectivity index (χ1) is 8.25. The lowest BCUT2D eigenvalue weighted by atomic mass is 10.2.